The van der Waals surface area contributed by atoms with Crippen molar-refractivity contribution in [1.29, 1.82) is 0 Å². The topological polar surface area (TPSA) is 20.2 Å². The van der Waals surface area contributed by atoms with Gasteiger partial charge < -0.3 is 5.11 Å². The zero-order valence-corrected chi connectivity index (χ0v) is 4.65. The van der Waals surface area contributed by atoms with E-state index in [1.165, 1.54) is 0 Å². The van der Waals surface area contributed by atoms with Gasteiger partial charge in [-0.25, -0.2) is 0 Å². The molecule has 1 N–H and O–H groups in total. The second-order valence-corrected chi connectivity index (χ2v) is 2.53. The van der Waals surface area contributed by atoms with Gasteiger partial charge in [0, 0.05) is 0 Å². The molecule has 0 aromatic carbocycles. The van der Waals surface area contributed by atoms with Crippen molar-refractivity contribution in [3.63, 3.8) is 0 Å². The van der Waals surface area contributed by atoms with Crippen molar-refractivity contribution in [3.05, 3.63) is 6.42 Å². The lowest BCUT2D eigenvalue weighted by Gasteiger charge is -2.12. The zero-order valence-electron chi connectivity index (χ0n) is 4.65. The second-order valence-electron chi connectivity index (χ2n) is 2.53. The van der Waals surface area contributed by atoms with Crippen molar-refractivity contribution in [1.82, 2.24) is 0 Å². The van der Waals surface area contributed by atoms with E-state index in [1.807, 2.05) is 6.92 Å². The van der Waals surface area contributed by atoms with Gasteiger partial charge in [-0.1, -0.05) is 0 Å². The maximum Gasteiger partial charge on any atom is 0.0622 e. The Hall–Kier alpha value is -0.0400. The second kappa shape index (κ2) is 1.48. The van der Waals surface area contributed by atoms with Crippen LogP contribution in [0, 0.1) is 6.42 Å². The summed E-state index contributed by atoms with van der Waals surface area (Å²) in [6.45, 7) is 1.89. The fourth-order valence-electron chi connectivity index (χ4n) is 0.928. The zero-order chi connectivity index (χ0) is 5.33. The average molecular weight is 99.2 g/mol. The van der Waals surface area contributed by atoms with Crippen LogP contribution in [-0.2, 0) is 0 Å². The molecule has 0 saturated heterocycles. The third-order valence-corrected chi connectivity index (χ3v) is 1.47. The summed E-state index contributed by atoms with van der Waals surface area (Å²) >= 11 is 0. The summed E-state index contributed by atoms with van der Waals surface area (Å²) in [6, 6.07) is 0. The maximum atomic E-state index is 9.16. The van der Waals surface area contributed by atoms with Crippen molar-refractivity contribution in [2.75, 3.05) is 0 Å². The third kappa shape index (κ3) is 1.16. The van der Waals surface area contributed by atoms with Gasteiger partial charge in [-0.15, -0.1) is 0 Å². The molecule has 1 fully saturated rings. The Morgan fingerprint density at radius 3 is 2.57 bits per heavy atom. The van der Waals surface area contributed by atoms with E-state index in [9.17, 15) is 0 Å². The molecule has 0 aromatic rings. The maximum absolute atomic E-state index is 9.16. The van der Waals surface area contributed by atoms with E-state index in [1.54, 1.807) is 0 Å². The summed E-state index contributed by atoms with van der Waals surface area (Å²) in [4.78, 5) is 0. The van der Waals surface area contributed by atoms with Gasteiger partial charge >= 0.3 is 0 Å². The highest BCUT2D eigenvalue weighted by atomic mass is 16.3. The van der Waals surface area contributed by atoms with Crippen molar-refractivity contribution in [2.45, 2.75) is 31.8 Å². The van der Waals surface area contributed by atoms with E-state index in [4.69, 9.17) is 5.11 Å². The van der Waals surface area contributed by atoms with Crippen LogP contribution in [0.25, 0.3) is 0 Å². The monoisotopic (exact) mass is 99.1 g/mol. The molecule has 7 heavy (non-hydrogen) atoms. The molecule has 1 aliphatic carbocycles. The molecule has 1 heteroatoms. The Bertz CT molecular complexity index is 58.6. The van der Waals surface area contributed by atoms with Crippen LogP contribution >= 0.6 is 0 Å². The normalized spacial score (nSPS) is 28.3. The fourth-order valence-corrected chi connectivity index (χ4v) is 0.928. The first-order valence-electron chi connectivity index (χ1n) is 2.75. The van der Waals surface area contributed by atoms with E-state index < -0.39 is 0 Å². The standard InChI is InChI=1S/C6H11O/c1-6(7)4-2-3-5-6/h2,7H,3-5H2,1H3. The molecule has 1 nitrogen and oxygen atoms in total. The predicted molar refractivity (Wildman–Crippen MR) is 28.8 cm³/mol. The Balaban J connectivity index is 2.40. The summed E-state index contributed by atoms with van der Waals surface area (Å²) in [5, 5.41) is 9.16. The van der Waals surface area contributed by atoms with Crippen LogP contribution in [0.4, 0.5) is 0 Å². The van der Waals surface area contributed by atoms with Gasteiger partial charge in [0.05, 0.1) is 5.60 Å². The molecule has 1 radical (unpaired) electrons. The Morgan fingerprint density at radius 2 is 2.43 bits per heavy atom. The van der Waals surface area contributed by atoms with Crippen LogP contribution in [0.5, 0.6) is 0 Å². The first-order valence-corrected chi connectivity index (χ1v) is 2.75. The van der Waals surface area contributed by atoms with Crippen LogP contribution in [0.15, 0.2) is 0 Å². The Labute approximate surface area is 44.4 Å². The van der Waals surface area contributed by atoms with Crippen LogP contribution in [0.2, 0.25) is 0 Å². The van der Waals surface area contributed by atoms with Crippen molar-refractivity contribution < 1.29 is 5.11 Å². The van der Waals surface area contributed by atoms with E-state index in [0.717, 1.165) is 19.3 Å². The highest BCUT2D eigenvalue weighted by molar-refractivity contribution is 4.89. The summed E-state index contributed by atoms with van der Waals surface area (Å²) in [6.07, 6.45) is 5.06. The lowest BCUT2D eigenvalue weighted by Crippen LogP contribution is -2.17. The lowest BCUT2D eigenvalue weighted by atomic mass is 10.1. The minimum atomic E-state index is -0.361. The highest BCUT2D eigenvalue weighted by Crippen LogP contribution is 2.27. The summed E-state index contributed by atoms with van der Waals surface area (Å²) in [5.74, 6) is 0. The fraction of sp³-hybridized carbons (Fsp3) is 0.833. The SMILES string of the molecule is CC1(O)C[CH]CC1. The van der Waals surface area contributed by atoms with Crippen LogP contribution in [0.1, 0.15) is 26.2 Å². The minimum absolute atomic E-state index is 0.361. The molecular formula is C6H11O. The first-order chi connectivity index (χ1) is 3.21. The van der Waals surface area contributed by atoms with E-state index in [2.05, 4.69) is 6.42 Å². The van der Waals surface area contributed by atoms with Crippen LogP contribution < -0.4 is 0 Å². The third-order valence-electron chi connectivity index (χ3n) is 1.47. The molecule has 1 aliphatic rings. The van der Waals surface area contributed by atoms with Crippen molar-refractivity contribution in [2.24, 2.45) is 0 Å². The largest absolute Gasteiger partial charge is 0.390 e. The van der Waals surface area contributed by atoms with Crippen LogP contribution in [-0.4, -0.2) is 10.7 Å². The smallest absolute Gasteiger partial charge is 0.0622 e. The Kier molecular flexibility index (Phi) is 1.08. The van der Waals surface area contributed by atoms with Gasteiger partial charge in [-0.05, 0) is 32.6 Å². The lowest BCUT2D eigenvalue weighted by molar-refractivity contribution is 0.0709. The molecule has 1 rings (SSSR count). The molecular weight excluding hydrogens is 88.1 g/mol. The van der Waals surface area contributed by atoms with Crippen molar-refractivity contribution >= 4 is 0 Å². The molecule has 0 bridgehead atoms. The molecule has 1 atom stereocenters. The van der Waals surface area contributed by atoms with Gasteiger partial charge in [0.1, 0.15) is 0 Å². The van der Waals surface area contributed by atoms with Gasteiger partial charge in [-0.3, -0.25) is 0 Å². The van der Waals surface area contributed by atoms with Gasteiger partial charge in [0.15, 0.2) is 0 Å². The molecule has 0 aliphatic heterocycles. The van der Waals surface area contributed by atoms with E-state index in [-0.39, 0.29) is 5.60 Å². The van der Waals surface area contributed by atoms with E-state index >= 15 is 0 Å². The first kappa shape index (κ1) is 5.10. The summed E-state index contributed by atoms with van der Waals surface area (Å²) in [7, 11) is 0. The molecule has 0 spiro atoms. The van der Waals surface area contributed by atoms with Crippen LogP contribution in [0.3, 0.4) is 0 Å². The molecule has 1 unspecified atom stereocenters. The van der Waals surface area contributed by atoms with Gasteiger partial charge in [0.25, 0.3) is 0 Å². The molecule has 0 amide bonds. The summed E-state index contributed by atoms with van der Waals surface area (Å²) < 4.78 is 0. The van der Waals surface area contributed by atoms with E-state index in [0.29, 0.717) is 0 Å². The average Bonchev–Trinajstić information content (AvgIpc) is 1.84. The predicted octanol–water partition coefficient (Wildman–Crippen LogP) is 1.13. The highest BCUT2D eigenvalue weighted by Gasteiger charge is 2.24. The molecule has 1 saturated carbocycles. The molecule has 41 valence electrons. The number of hydrogen-bond donors (Lipinski definition) is 1. The Morgan fingerprint density at radius 1 is 1.71 bits per heavy atom. The van der Waals surface area contributed by atoms with Gasteiger partial charge in [0.2, 0.25) is 0 Å². The van der Waals surface area contributed by atoms with Crippen molar-refractivity contribution in [3.8, 4) is 0 Å². The minimum Gasteiger partial charge on any atom is -0.390 e. The number of aliphatic hydroxyl groups is 1. The summed E-state index contributed by atoms with van der Waals surface area (Å²) in [5.41, 5.74) is -0.361. The van der Waals surface area contributed by atoms with Gasteiger partial charge in [-0.2, -0.15) is 0 Å². The quantitative estimate of drug-likeness (QED) is 0.482. The molecule has 0 aromatic heterocycles. The molecule has 0 heterocycles. The number of rotatable bonds is 0. The number of hydrogen-bond acceptors (Lipinski definition) is 1.